The van der Waals surface area contributed by atoms with Gasteiger partial charge in [0.15, 0.2) is 28.1 Å². The first-order chi connectivity index (χ1) is 10.9. The van der Waals surface area contributed by atoms with Gasteiger partial charge in [-0.1, -0.05) is 20.4 Å². The largest absolute Gasteiger partial charge is 0.516 e. The number of halogens is 1. The van der Waals surface area contributed by atoms with E-state index in [2.05, 4.69) is 11.6 Å². The summed E-state index contributed by atoms with van der Waals surface area (Å²) in [6.07, 6.45) is 1.15. The highest BCUT2D eigenvalue weighted by molar-refractivity contribution is 7.20. The van der Waals surface area contributed by atoms with Crippen molar-refractivity contribution >= 4 is 27.3 Å². The van der Waals surface area contributed by atoms with Crippen molar-refractivity contribution in [2.75, 3.05) is 14.2 Å². The van der Waals surface area contributed by atoms with E-state index in [1.54, 1.807) is 6.07 Å². The minimum absolute atomic E-state index is 0.00755. The molecule has 5 nitrogen and oxygen atoms in total. The molecule has 0 radical (unpaired) electrons. The third kappa shape index (κ3) is 4.41. The molecule has 126 valence electrons. The molecule has 0 aliphatic rings. The lowest BCUT2D eigenvalue weighted by atomic mass is 10.1. The smallest absolute Gasteiger partial charge is 0.199 e. The standard InChI is InChI=1S/C14H16FNO3S.C2H4O/c1-7(2)5-8(17)14-16-12-10(20-14)6-9(18-3)13(19-4)11(12)15;1-2-3/h6-7H,5H2,1-4H3;2-3H,1H2. The number of thiazole rings is 1. The number of nitrogens with zero attached hydrogens (tertiary/aromatic N) is 1. The first-order valence-electron chi connectivity index (χ1n) is 6.88. The number of methoxy groups -OCH3 is 2. The molecule has 1 heterocycles. The van der Waals surface area contributed by atoms with E-state index in [1.807, 2.05) is 13.8 Å². The molecule has 0 atom stereocenters. The molecule has 23 heavy (non-hydrogen) atoms. The Labute approximate surface area is 138 Å². The lowest BCUT2D eigenvalue weighted by molar-refractivity contribution is 0.0967. The van der Waals surface area contributed by atoms with E-state index in [1.165, 1.54) is 25.6 Å². The molecule has 1 aromatic heterocycles. The molecule has 1 aromatic carbocycles. The van der Waals surface area contributed by atoms with Gasteiger partial charge in [-0.05, 0) is 5.92 Å². The number of aliphatic hydroxyl groups excluding tert-OH is 1. The first-order valence-corrected chi connectivity index (χ1v) is 7.70. The molecule has 0 spiro atoms. The van der Waals surface area contributed by atoms with E-state index < -0.39 is 5.82 Å². The number of Topliss-reactive ketones (excluding diaryl/α,β-unsaturated/α-hetero) is 1. The van der Waals surface area contributed by atoms with Crippen LogP contribution in [0, 0.1) is 11.7 Å². The number of fused-ring (bicyclic) bond motifs is 1. The molecular formula is C16H20FNO4S. The topological polar surface area (TPSA) is 68.7 Å². The zero-order valence-corrected chi connectivity index (χ0v) is 14.4. The summed E-state index contributed by atoms with van der Waals surface area (Å²) < 4.78 is 24.9. The molecule has 0 aliphatic carbocycles. The number of rotatable bonds is 5. The Balaban J connectivity index is 0.000000816. The van der Waals surface area contributed by atoms with Gasteiger partial charge in [0.2, 0.25) is 0 Å². The highest BCUT2D eigenvalue weighted by atomic mass is 32.1. The number of carbonyl (C=O) groups excluding carboxylic acids is 1. The lowest BCUT2D eigenvalue weighted by Gasteiger charge is -2.07. The number of hydrogen-bond acceptors (Lipinski definition) is 6. The third-order valence-electron chi connectivity index (χ3n) is 2.80. The van der Waals surface area contributed by atoms with Crippen LogP contribution in [0.5, 0.6) is 11.5 Å². The van der Waals surface area contributed by atoms with E-state index in [0.29, 0.717) is 21.9 Å². The Bertz CT molecular complexity index is 697. The molecule has 1 N–H and O–H groups in total. The maximum absolute atomic E-state index is 14.3. The zero-order valence-electron chi connectivity index (χ0n) is 13.6. The van der Waals surface area contributed by atoms with Gasteiger partial charge in [-0.2, -0.15) is 0 Å². The van der Waals surface area contributed by atoms with Crippen molar-refractivity contribution in [3.8, 4) is 11.5 Å². The van der Waals surface area contributed by atoms with Crippen LogP contribution in [0.15, 0.2) is 18.9 Å². The molecule has 2 aromatic rings. The van der Waals surface area contributed by atoms with E-state index in [9.17, 15) is 9.18 Å². The maximum atomic E-state index is 14.3. The monoisotopic (exact) mass is 341 g/mol. The minimum Gasteiger partial charge on any atom is -0.516 e. The van der Waals surface area contributed by atoms with Crippen LogP contribution in [0.2, 0.25) is 0 Å². The number of ether oxygens (including phenoxy) is 2. The van der Waals surface area contributed by atoms with Crippen LogP contribution in [0.1, 0.15) is 30.1 Å². The van der Waals surface area contributed by atoms with Crippen molar-refractivity contribution in [2.45, 2.75) is 20.3 Å². The molecule has 0 saturated carbocycles. The Kier molecular flexibility index (Phi) is 6.96. The fourth-order valence-electron chi connectivity index (χ4n) is 1.91. The molecule has 0 saturated heterocycles. The second kappa shape index (κ2) is 8.47. The van der Waals surface area contributed by atoms with Crippen molar-refractivity contribution in [3.05, 3.63) is 29.7 Å². The second-order valence-electron chi connectivity index (χ2n) is 5.00. The minimum atomic E-state index is -0.596. The Morgan fingerprint density at radius 3 is 2.57 bits per heavy atom. The van der Waals surface area contributed by atoms with Gasteiger partial charge < -0.3 is 14.6 Å². The fourth-order valence-corrected chi connectivity index (χ4v) is 2.85. The van der Waals surface area contributed by atoms with E-state index >= 15 is 0 Å². The Morgan fingerprint density at radius 2 is 2.09 bits per heavy atom. The van der Waals surface area contributed by atoms with E-state index in [0.717, 1.165) is 6.26 Å². The highest BCUT2D eigenvalue weighted by Crippen LogP contribution is 2.38. The summed E-state index contributed by atoms with van der Waals surface area (Å²) in [6.45, 7) is 6.83. The summed E-state index contributed by atoms with van der Waals surface area (Å²) in [5.74, 6) is -0.124. The number of ketones is 1. The van der Waals surface area contributed by atoms with Gasteiger partial charge in [0, 0.05) is 12.5 Å². The summed E-state index contributed by atoms with van der Waals surface area (Å²) in [7, 11) is 2.80. The second-order valence-corrected chi connectivity index (χ2v) is 6.03. The van der Waals surface area contributed by atoms with Crippen LogP contribution in [0.4, 0.5) is 4.39 Å². The lowest BCUT2D eigenvalue weighted by Crippen LogP contribution is -2.02. The first kappa shape index (κ1) is 18.9. The van der Waals surface area contributed by atoms with Gasteiger partial charge in [-0.25, -0.2) is 9.37 Å². The maximum Gasteiger partial charge on any atom is 0.199 e. The summed E-state index contributed by atoms with van der Waals surface area (Å²) in [4.78, 5) is 16.1. The van der Waals surface area contributed by atoms with Crippen molar-refractivity contribution in [1.82, 2.24) is 4.98 Å². The number of hydrogen-bond donors (Lipinski definition) is 1. The summed E-state index contributed by atoms with van der Waals surface area (Å²) in [5, 5.41) is 7.66. The van der Waals surface area contributed by atoms with Crippen LogP contribution >= 0.6 is 11.3 Å². The molecular weight excluding hydrogens is 321 g/mol. The summed E-state index contributed by atoms with van der Waals surface area (Å²) in [5.41, 5.74) is 0.153. The van der Waals surface area contributed by atoms with Gasteiger partial charge in [-0.3, -0.25) is 4.79 Å². The third-order valence-corrected chi connectivity index (χ3v) is 3.85. The molecule has 0 bridgehead atoms. The SMILES string of the molecule is C=CO.COc1cc2sc(C(=O)CC(C)C)nc2c(F)c1OC. The van der Waals surface area contributed by atoms with Gasteiger partial charge in [0.05, 0.1) is 25.2 Å². The zero-order chi connectivity index (χ0) is 17.6. The number of aliphatic hydroxyl groups is 1. The molecule has 0 unspecified atom stereocenters. The quantitative estimate of drug-likeness (QED) is 0.646. The molecule has 0 amide bonds. The number of benzene rings is 1. The predicted octanol–water partition coefficient (Wildman–Crippen LogP) is 4.37. The van der Waals surface area contributed by atoms with Crippen molar-refractivity contribution < 1.29 is 23.8 Å². The average molecular weight is 341 g/mol. The summed E-state index contributed by atoms with van der Waals surface area (Å²) in [6, 6.07) is 1.64. The Morgan fingerprint density at radius 1 is 1.48 bits per heavy atom. The van der Waals surface area contributed by atoms with Gasteiger partial charge in [0.25, 0.3) is 0 Å². The molecule has 0 fully saturated rings. The van der Waals surface area contributed by atoms with Crippen LogP contribution in [0.3, 0.4) is 0 Å². The van der Waals surface area contributed by atoms with Gasteiger partial charge >= 0.3 is 0 Å². The van der Waals surface area contributed by atoms with Crippen molar-refractivity contribution in [1.29, 1.82) is 0 Å². The van der Waals surface area contributed by atoms with Crippen molar-refractivity contribution in [2.24, 2.45) is 5.92 Å². The predicted molar refractivity (Wildman–Crippen MR) is 89.3 cm³/mol. The van der Waals surface area contributed by atoms with Gasteiger partial charge in [0.1, 0.15) is 5.52 Å². The number of carbonyl (C=O) groups is 1. The van der Waals surface area contributed by atoms with Crippen LogP contribution in [-0.2, 0) is 0 Å². The number of aromatic nitrogens is 1. The normalized spacial score (nSPS) is 10.2. The van der Waals surface area contributed by atoms with Gasteiger partial charge in [-0.15, -0.1) is 11.3 Å². The Hall–Kier alpha value is -2.15. The molecule has 2 rings (SSSR count). The molecule has 0 aliphatic heterocycles. The van der Waals surface area contributed by atoms with E-state index in [4.69, 9.17) is 14.6 Å². The fraction of sp³-hybridized carbons (Fsp3) is 0.375. The van der Waals surface area contributed by atoms with Crippen LogP contribution in [-0.4, -0.2) is 30.1 Å². The molecule has 7 heteroatoms. The van der Waals surface area contributed by atoms with Crippen LogP contribution < -0.4 is 9.47 Å². The average Bonchev–Trinajstić information content (AvgIpc) is 2.91. The van der Waals surface area contributed by atoms with Crippen LogP contribution in [0.25, 0.3) is 10.2 Å². The summed E-state index contributed by atoms with van der Waals surface area (Å²) >= 11 is 1.17. The van der Waals surface area contributed by atoms with Crippen molar-refractivity contribution in [3.63, 3.8) is 0 Å². The van der Waals surface area contributed by atoms with E-state index in [-0.39, 0.29) is 23.0 Å². The highest BCUT2D eigenvalue weighted by Gasteiger charge is 2.21.